The van der Waals surface area contributed by atoms with Crippen LogP contribution in [0.4, 0.5) is 0 Å². The third-order valence-electron chi connectivity index (χ3n) is 4.80. The van der Waals surface area contributed by atoms with Crippen molar-refractivity contribution in [2.45, 2.75) is 39.8 Å². The van der Waals surface area contributed by atoms with E-state index in [1.165, 1.54) is 22.3 Å². The normalized spacial score (nSPS) is 14.4. The van der Waals surface area contributed by atoms with Crippen LogP contribution in [-0.2, 0) is 12.3 Å². The molecular weight excluding hydrogens is 408 g/mol. The summed E-state index contributed by atoms with van der Waals surface area (Å²) in [7, 11) is 12.7. The van der Waals surface area contributed by atoms with Gasteiger partial charge in [-0.3, -0.25) is 0 Å². The van der Waals surface area contributed by atoms with E-state index in [0.29, 0.717) is 13.1 Å². The van der Waals surface area contributed by atoms with Gasteiger partial charge in [0.1, 0.15) is 0 Å². The minimum absolute atomic E-state index is 0.153. The molecule has 0 saturated carbocycles. The summed E-state index contributed by atoms with van der Waals surface area (Å²) in [5.74, 6) is 0. The van der Waals surface area contributed by atoms with Gasteiger partial charge in [0.05, 0.1) is 0 Å². The van der Waals surface area contributed by atoms with Gasteiger partial charge >= 0.3 is 171 Å². The van der Waals surface area contributed by atoms with Crippen molar-refractivity contribution in [3.05, 3.63) is 69.8 Å². The fourth-order valence-corrected chi connectivity index (χ4v) is 5.26. The second kappa shape index (κ2) is 9.57. The molecular formula is C20H28Cl2MnN3. The topological polar surface area (TPSA) is 55.3 Å². The Hall–Kier alpha value is -0.581. The van der Waals surface area contributed by atoms with E-state index in [2.05, 4.69) is 52.0 Å². The Labute approximate surface area is 170 Å². The molecule has 0 heterocycles. The molecule has 2 unspecified atom stereocenters. The van der Waals surface area contributed by atoms with Crippen LogP contribution in [-0.4, -0.2) is 17.0 Å². The van der Waals surface area contributed by atoms with Crippen LogP contribution in [0.15, 0.2) is 36.4 Å². The van der Waals surface area contributed by atoms with E-state index in [9.17, 15) is 0 Å². The second-order valence-corrected chi connectivity index (χ2v) is 11.0. The van der Waals surface area contributed by atoms with Gasteiger partial charge in [0, 0.05) is 0 Å². The molecule has 2 aromatic carbocycles. The Morgan fingerprint density at radius 2 is 1.08 bits per heavy atom. The summed E-state index contributed by atoms with van der Waals surface area (Å²) in [6.07, 6.45) is 0. The predicted octanol–water partition coefficient (Wildman–Crippen LogP) is 4.76. The van der Waals surface area contributed by atoms with Crippen molar-refractivity contribution in [3.63, 3.8) is 0 Å². The van der Waals surface area contributed by atoms with Crippen LogP contribution in [0, 0.1) is 27.7 Å². The molecule has 144 valence electrons. The Bertz CT molecular complexity index is 652. The first-order chi connectivity index (χ1) is 12.2. The zero-order valence-electron chi connectivity index (χ0n) is 15.8. The second-order valence-electron chi connectivity index (χ2n) is 6.83. The van der Waals surface area contributed by atoms with Crippen LogP contribution < -0.4 is 11.5 Å². The van der Waals surface area contributed by atoms with Crippen molar-refractivity contribution in [3.8, 4) is 0 Å². The van der Waals surface area contributed by atoms with E-state index in [-0.39, 0.29) is 12.1 Å². The molecule has 0 bridgehead atoms. The first kappa shape index (κ1) is 21.7. The maximum atomic E-state index is 6.53. The Kier molecular flexibility index (Phi) is 7.99. The van der Waals surface area contributed by atoms with Crippen molar-refractivity contribution in [1.82, 2.24) is 3.92 Å². The molecule has 0 aliphatic heterocycles. The van der Waals surface area contributed by atoms with E-state index in [1.54, 1.807) is 0 Å². The van der Waals surface area contributed by atoms with Gasteiger partial charge in [-0.2, -0.15) is 0 Å². The van der Waals surface area contributed by atoms with E-state index in [0.717, 1.165) is 11.1 Å². The number of nitrogens with two attached hydrogens (primary N) is 2. The molecule has 2 aromatic rings. The fraction of sp³-hybridized carbons (Fsp3) is 0.400. The third-order valence-corrected chi connectivity index (χ3v) is 7.28. The van der Waals surface area contributed by atoms with Crippen LogP contribution in [0.1, 0.15) is 45.5 Å². The molecule has 2 rings (SSSR count). The summed E-state index contributed by atoms with van der Waals surface area (Å²) in [5.41, 5.74) is 20.1. The van der Waals surface area contributed by atoms with Crippen LogP contribution in [0.5, 0.6) is 0 Å². The number of nitrogens with zero attached hydrogens (tertiary/aromatic N) is 1. The van der Waals surface area contributed by atoms with Crippen molar-refractivity contribution in [1.29, 1.82) is 0 Å². The van der Waals surface area contributed by atoms with E-state index >= 15 is 0 Å². The van der Waals surface area contributed by atoms with Gasteiger partial charge < -0.3 is 0 Å². The summed E-state index contributed by atoms with van der Waals surface area (Å²) in [6.45, 7) is 9.52. The quantitative estimate of drug-likeness (QED) is 0.616. The average molecular weight is 436 g/mol. The zero-order chi connectivity index (χ0) is 19.4. The molecule has 0 aliphatic rings. The van der Waals surface area contributed by atoms with Crippen LogP contribution in [0.3, 0.4) is 0 Å². The molecule has 6 heteroatoms. The van der Waals surface area contributed by atoms with Crippen molar-refractivity contribution >= 4 is 20.2 Å². The molecule has 0 aromatic heterocycles. The molecule has 4 N–H and O–H groups in total. The van der Waals surface area contributed by atoms with E-state index in [1.807, 2.05) is 16.0 Å². The van der Waals surface area contributed by atoms with Gasteiger partial charge in [-0.15, -0.1) is 0 Å². The number of benzene rings is 2. The maximum absolute atomic E-state index is 6.53. The SMILES string of the molecule is Cc1cccc(C)c1C(N)C[N](CC(N)c1c(C)cccc1C)[Mn]([Cl])[Cl]. The summed E-state index contributed by atoms with van der Waals surface area (Å²) >= 11 is -1.73. The third kappa shape index (κ3) is 5.23. The number of halogens is 2. The minimum atomic E-state index is -1.73. The predicted molar refractivity (Wildman–Crippen MR) is 109 cm³/mol. The monoisotopic (exact) mass is 435 g/mol. The molecule has 2 atom stereocenters. The van der Waals surface area contributed by atoms with Crippen LogP contribution >= 0.6 is 20.2 Å². The molecule has 0 fully saturated rings. The molecule has 3 nitrogen and oxygen atoms in total. The number of rotatable bonds is 7. The summed E-state index contributed by atoms with van der Waals surface area (Å²) in [5, 5.41) is 0. The number of aryl methyl sites for hydroxylation is 4. The standard InChI is InChI=1S/C20H28N3.2ClH.Mn/c1-13-7-5-8-14(2)19(13)17(21)11-23-12-18(22)20-15(3)9-6-10-16(20)4;;;/h5-10,17-18H,11-12,21-22H2,1-4H3;2*1H;/q-1;;;+3/p-2. The van der Waals surface area contributed by atoms with Crippen molar-refractivity contribution in [2.75, 3.05) is 13.1 Å². The van der Waals surface area contributed by atoms with Gasteiger partial charge in [0.15, 0.2) is 0 Å². The summed E-state index contributed by atoms with van der Waals surface area (Å²) in [6, 6.07) is 12.1. The molecule has 0 amide bonds. The molecule has 26 heavy (non-hydrogen) atoms. The fourth-order valence-electron chi connectivity index (χ4n) is 3.61. The first-order valence-electron chi connectivity index (χ1n) is 8.64. The average Bonchev–Trinajstić information content (AvgIpc) is 2.53. The van der Waals surface area contributed by atoms with E-state index in [4.69, 9.17) is 31.7 Å². The van der Waals surface area contributed by atoms with Crippen LogP contribution in [0.2, 0.25) is 0 Å². The van der Waals surface area contributed by atoms with Crippen LogP contribution in [0.25, 0.3) is 0 Å². The molecule has 0 saturated heterocycles. The Morgan fingerprint density at radius 3 is 1.35 bits per heavy atom. The van der Waals surface area contributed by atoms with Crippen molar-refractivity contribution in [2.24, 2.45) is 11.5 Å². The first-order valence-corrected chi connectivity index (χ1v) is 12.4. The van der Waals surface area contributed by atoms with Gasteiger partial charge in [-0.25, -0.2) is 0 Å². The molecule has 0 spiro atoms. The summed E-state index contributed by atoms with van der Waals surface area (Å²) in [4.78, 5) is 0. The molecule has 0 aliphatic carbocycles. The van der Waals surface area contributed by atoms with E-state index < -0.39 is 12.3 Å². The molecule has 0 radical (unpaired) electrons. The Balaban J connectivity index is 2.19. The number of hydrogen-bond donors (Lipinski definition) is 2. The zero-order valence-corrected chi connectivity index (χ0v) is 18.5. The van der Waals surface area contributed by atoms with Gasteiger partial charge in [0.25, 0.3) is 0 Å². The summed E-state index contributed by atoms with van der Waals surface area (Å²) < 4.78 is 2.04. The van der Waals surface area contributed by atoms with Gasteiger partial charge in [-0.1, -0.05) is 0 Å². The van der Waals surface area contributed by atoms with Crippen molar-refractivity contribution < 1.29 is 12.3 Å². The Morgan fingerprint density at radius 1 is 0.769 bits per heavy atom. The van der Waals surface area contributed by atoms with Gasteiger partial charge in [-0.05, 0) is 0 Å². The van der Waals surface area contributed by atoms with Gasteiger partial charge in [0.2, 0.25) is 0 Å². The number of hydrogen-bond acceptors (Lipinski definition) is 3.